The summed E-state index contributed by atoms with van der Waals surface area (Å²) in [6.45, 7) is 1.08. The number of hydrogen-bond acceptors (Lipinski definition) is 5. The number of carboxylic acids is 1. The maximum Gasteiger partial charge on any atom is 0.356 e. The van der Waals surface area contributed by atoms with Gasteiger partial charge in [-0.1, -0.05) is 0 Å². The van der Waals surface area contributed by atoms with Crippen molar-refractivity contribution >= 4 is 11.9 Å². The summed E-state index contributed by atoms with van der Waals surface area (Å²) >= 11 is 0. The van der Waals surface area contributed by atoms with Crippen LogP contribution in [0.3, 0.4) is 0 Å². The van der Waals surface area contributed by atoms with Crippen molar-refractivity contribution in [3.63, 3.8) is 0 Å². The molecule has 0 radical (unpaired) electrons. The van der Waals surface area contributed by atoms with Gasteiger partial charge < -0.3 is 15.1 Å². The normalized spacial score (nSPS) is 9.67. The molecule has 0 aliphatic heterocycles. The number of hydrogen-bond donors (Lipinski definition) is 2. The zero-order valence-corrected chi connectivity index (χ0v) is 7.63. The summed E-state index contributed by atoms with van der Waals surface area (Å²) in [5.74, 6) is -2.64. The maximum atomic E-state index is 11.2. The Morgan fingerprint density at radius 2 is 2.00 bits per heavy atom. The third-order valence-corrected chi connectivity index (χ3v) is 1.50. The van der Waals surface area contributed by atoms with Crippen LogP contribution in [0.2, 0.25) is 0 Å². The van der Waals surface area contributed by atoms with E-state index in [1.165, 1.54) is 0 Å². The molecule has 7 nitrogen and oxygen atoms in total. The monoisotopic (exact) mass is 213 g/mol. The molecule has 15 heavy (non-hydrogen) atoms. The summed E-state index contributed by atoms with van der Waals surface area (Å²) in [5.41, 5.74) is -1.72. The van der Waals surface area contributed by atoms with Crippen LogP contribution >= 0.6 is 0 Å². The summed E-state index contributed by atoms with van der Waals surface area (Å²) in [5, 5.41) is 17.6. The summed E-state index contributed by atoms with van der Waals surface area (Å²) in [6.07, 6.45) is 0. The van der Waals surface area contributed by atoms with Crippen LogP contribution < -0.4 is 10.3 Å². The third-order valence-electron chi connectivity index (χ3n) is 1.50. The number of carbonyl (C=O) groups excluding carboxylic acids is 1. The topological polar surface area (TPSA) is 106 Å². The van der Waals surface area contributed by atoms with Gasteiger partial charge in [-0.15, -0.1) is 4.73 Å². The first-order valence-electron chi connectivity index (χ1n) is 3.80. The quantitative estimate of drug-likeness (QED) is 0.516. The molecule has 0 aromatic carbocycles. The Labute approximate surface area is 83.1 Å². The molecular formula is C8H7NO6. The van der Waals surface area contributed by atoms with Gasteiger partial charge in [0.1, 0.15) is 0 Å². The smallest absolute Gasteiger partial charge is 0.356 e. The fourth-order valence-corrected chi connectivity index (χ4v) is 0.905. The van der Waals surface area contributed by atoms with Crippen LogP contribution in [0.5, 0.6) is 5.75 Å². The van der Waals surface area contributed by atoms with E-state index >= 15 is 0 Å². The zero-order chi connectivity index (χ0) is 11.6. The standard InChI is InChI=1S/C8H7NO6/c1-4(10)15-6-3-2-5(8(12)13)9(14)7(6)11/h2-3,14H,1H3,(H,12,13). The zero-order valence-electron chi connectivity index (χ0n) is 7.63. The van der Waals surface area contributed by atoms with Gasteiger partial charge in [-0.3, -0.25) is 9.59 Å². The molecule has 0 fully saturated rings. The lowest BCUT2D eigenvalue weighted by Crippen LogP contribution is -2.25. The molecule has 0 aliphatic rings. The van der Waals surface area contributed by atoms with Crippen molar-refractivity contribution in [3.8, 4) is 5.75 Å². The van der Waals surface area contributed by atoms with E-state index in [2.05, 4.69) is 4.74 Å². The van der Waals surface area contributed by atoms with Gasteiger partial charge in [0, 0.05) is 6.92 Å². The highest BCUT2D eigenvalue weighted by Crippen LogP contribution is 2.05. The van der Waals surface area contributed by atoms with Gasteiger partial charge >= 0.3 is 17.5 Å². The molecule has 1 aromatic rings. The predicted molar refractivity (Wildman–Crippen MR) is 46.2 cm³/mol. The molecule has 0 amide bonds. The highest BCUT2D eigenvalue weighted by atomic mass is 16.5. The molecule has 0 atom stereocenters. The van der Waals surface area contributed by atoms with Crippen LogP contribution in [0, 0.1) is 0 Å². The van der Waals surface area contributed by atoms with E-state index in [-0.39, 0.29) is 4.73 Å². The number of aromatic nitrogens is 1. The van der Waals surface area contributed by atoms with Crippen molar-refractivity contribution in [1.82, 2.24) is 4.73 Å². The Morgan fingerprint density at radius 1 is 1.40 bits per heavy atom. The minimum absolute atomic E-state index is 0.0966. The third kappa shape index (κ3) is 2.13. The highest BCUT2D eigenvalue weighted by Gasteiger charge is 2.14. The predicted octanol–water partition coefficient (Wildman–Crippen LogP) is -0.291. The van der Waals surface area contributed by atoms with Gasteiger partial charge in [0.25, 0.3) is 0 Å². The number of ether oxygens (including phenoxy) is 1. The van der Waals surface area contributed by atoms with E-state index < -0.39 is 28.9 Å². The number of rotatable bonds is 2. The van der Waals surface area contributed by atoms with Crippen LogP contribution in [0.4, 0.5) is 0 Å². The molecule has 0 saturated heterocycles. The molecule has 0 aliphatic carbocycles. The van der Waals surface area contributed by atoms with Crippen molar-refractivity contribution in [2.75, 3.05) is 0 Å². The SMILES string of the molecule is CC(=O)Oc1ccc(C(=O)O)n(O)c1=O. The Bertz CT molecular complexity index is 475. The van der Waals surface area contributed by atoms with Crippen LogP contribution in [0.25, 0.3) is 0 Å². The van der Waals surface area contributed by atoms with E-state index in [0.29, 0.717) is 0 Å². The fourth-order valence-electron chi connectivity index (χ4n) is 0.905. The molecule has 1 heterocycles. The largest absolute Gasteiger partial charge is 0.476 e. The summed E-state index contributed by atoms with van der Waals surface area (Å²) < 4.78 is 4.34. The number of carboxylic acid groups (broad SMARTS) is 1. The van der Waals surface area contributed by atoms with Gasteiger partial charge in [0.2, 0.25) is 0 Å². The second-order valence-corrected chi connectivity index (χ2v) is 2.60. The van der Waals surface area contributed by atoms with Gasteiger partial charge in [-0.05, 0) is 12.1 Å². The van der Waals surface area contributed by atoms with E-state index in [9.17, 15) is 14.4 Å². The maximum absolute atomic E-state index is 11.2. The molecule has 1 rings (SSSR count). The second-order valence-electron chi connectivity index (χ2n) is 2.60. The summed E-state index contributed by atoms with van der Waals surface area (Å²) in [4.78, 5) is 32.2. The lowest BCUT2D eigenvalue weighted by atomic mass is 10.3. The van der Waals surface area contributed by atoms with Crippen LogP contribution in [0.1, 0.15) is 17.4 Å². The Kier molecular flexibility index (Phi) is 2.75. The van der Waals surface area contributed by atoms with E-state index in [0.717, 1.165) is 19.1 Å². The Hall–Kier alpha value is -2.31. The van der Waals surface area contributed by atoms with E-state index in [4.69, 9.17) is 10.3 Å². The Balaban J connectivity index is 3.28. The first kappa shape index (κ1) is 10.8. The fraction of sp³-hybridized carbons (Fsp3) is 0.125. The molecule has 0 unspecified atom stereocenters. The van der Waals surface area contributed by atoms with E-state index in [1.54, 1.807) is 0 Å². The first-order valence-corrected chi connectivity index (χ1v) is 3.80. The van der Waals surface area contributed by atoms with Crippen molar-refractivity contribution in [2.45, 2.75) is 6.92 Å². The highest BCUT2D eigenvalue weighted by molar-refractivity contribution is 5.85. The molecule has 0 bridgehead atoms. The second kappa shape index (κ2) is 3.82. The summed E-state index contributed by atoms with van der Waals surface area (Å²) in [7, 11) is 0. The molecular weight excluding hydrogens is 206 g/mol. The molecule has 0 saturated carbocycles. The number of nitrogens with zero attached hydrogens (tertiary/aromatic N) is 1. The lowest BCUT2D eigenvalue weighted by Gasteiger charge is -2.04. The summed E-state index contributed by atoms with van der Waals surface area (Å²) in [6, 6.07) is 1.95. The van der Waals surface area contributed by atoms with E-state index in [1.807, 2.05) is 0 Å². The van der Waals surface area contributed by atoms with Crippen LogP contribution in [0.15, 0.2) is 16.9 Å². The molecule has 7 heteroatoms. The van der Waals surface area contributed by atoms with Gasteiger partial charge in [0.05, 0.1) is 0 Å². The first-order chi connectivity index (χ1) is 6.93. The van der Waals surface area contributed by atoms with Gasteiger partial charge in [-0.2, -0.15) is 0 Å². The minimum atomic E-state index is -1.47. The molecule has 0 spiro atoms. The van der Waals surface area contributed by atoms with Gasteiger partial charge in [-0.25, -0.2) is 4.79 Å². The van der Waals surface area contributed by atoms with Crippen molar-refractivity contribution in [1.29, 1.82) is 0 Å². The minimum Gasteiger partial charge on any atom is -0.476 e. The molecule has 1 aromatic heterocycles. The number of esters is 1. The van der Waals surface area contributed by atoms with Crippen molar-refractivity contribution in [2.24, 2.45) is 0 Å². The average molecular weight is 213 g/mol. The number of carbonyl (C=O) groups is 2. The number of aromatic carboxylic acids is 1. The molecule has 2 N–H and O–H groups in total. The average Bonchev–Trinajstić information content (AvgIpc) is 2.12. The van der Waals surface area contributed by atoms with Gasteiger partial charge in [0.15, 0.2) is 11.4 Å². The Morgan fingerprint density at radius 3 is 2.47 bits per heavy atom. The van der Waals surface area contributed by atoms with Crippen molar-refractivity contribution < 1.29 is 24.6 Å². The van der Waals surface area contributed by atoms with Crippen LogP contribution in [-0.4, -0.2) is 27.0 Å². The van der Waals surface area contributed by atoms with Crippen molar-refractivity contribution in [3.05, 3.63) is 28.2 Å². The number of pyridine rings is 1. The molecule has 80 valence electrons. The van der Waals surface area contributed by atoms with Crippen LogP contribution in [-0.2, 0) is 4.79 Å². The lowest BCUT2D eigenvalue weighted by molar-refractivity contribution is -0.132.